The van der Waals surface area contributed by atoms with Crippen LogP contribution in [0.25, 0.3) is 0 Å². The van der Waals surface area contributed by atoms with E-state index in [1.165, 1.54) is 16.8 Å². The highest BCUT2D eigenvalue weighted by Crippen LogP contribution is 2.30. The second-order valence-electron chi connectivity index (χ2n) is 5.09. The summed E-state index contributed by atoms with van der Waals surface area (Å²) in [6.45, 7) is 0. The highest BCUT2D eigenvalue weighted by atomic mass is 16.4. The molecule has 0 unspecified atom stereocenters. The molecule has 0 aliphatic heterocycles. The summed E-state index contributed by atoms with van der Waals surface area (Å²) in [5, 5.41) is 14.7. The number of rotatable bonds is 3. The Labute approximate surface area is 116 Å². The van der Waals surface area contributed by atoms with Crippen molar-refractivity contribution in [1.82, 2.24) is 9.88 Å². The van der Waals surface area contributed by atoms with Gasteiger partial charge in [0.1, 0.15) is 5.54 Å². The fourth-order valence-corrected chi connectivity index (χ4v) is 2.50. The van der Waals surface area contributed by atoms with Crippen LogP contribution in [-0.4, -0.2) is 27.1 Å². The summed E-state index contributed by atoms with van der Waals surface area (Å²) in [5.74, 6) is -0.386. The first-order valence-electron chi connectivity index (χ1n) is 6.46. The first-order chi connectivity index (χ1) is 9.48. The predicted molar refractivity (Wildman–Crippen MR) is 73.8 cm³/mol. The quantitative estimate of drug-likeness (QED) is 0.317. The van der Waals surface area contributed by atoms with Crippen molar-refractivity contribution >= 4 is 11.7 Å². The third-order valence-corrected chi connectivity index (χ3v) is 3.77. The molecule has 1 aliphatic carbocycles. The van der Waals surface area contributed by atoms with Crippen molar-refractivity contribution in [1.29, 1.82) is 0 Å². The molecule has 0 saturated heterocycles. The third kappa shape index (κ3) is 2.52. The number of pyridine rings is 1. The van der Waals surface area contributed by atoms with E-state index in [4.69, 9.17) is 10.9 Å². The van der Waals surface area contributed by atoms with Crippen LogP contribution in [0.2, 0.25) is 0 Å². The Morgan fingerprint density at radius 2 is 2.15 bits per heavy atom. The minimum absolute atomic E-state index is 0.00665. The Morgan fingerprint density at radius 3 is 2.70 bits per heavy atom. The van der Waals surface area contributed by atoms with Crippen molar-refractivity contribution in [3.8, 4) is 0 Å². The molecule has 20 heavy (non-hydrogen) atoms. The molecule has 1 amide bonds. The number of nitrogens with zero attached hydrogens (tertiary/aromatic N) is 2. The zero-order valence-electron chi connectivity index (χ0n) is 11.3. The van der Waals surface area contributed by atoms with Gasteiger partial charge in [-0.15, -0.1) is 0 Å². The van der Waals surface area contributed by atoms with Crippen molar-refractivity contribution in [3.05, 3.63) is 34.2 Å². The van der Waals surface area contributed by atoms with Crippen LogP contribution in [0.5, 0.6) is 0 Å². The Kier molecular flexibility index (Phi) is 3.78. The number of nitrogens with one attached hydrogen (secondary N) is 1. The molecule has 2 rings (SSSR count). The van der Waals surface area contributed by atoms with E-state index in [0.29, 0.717) is 12.8 Å². The van der Waals surface area contributed by atoms with Gasteiger partial charge in [0.05, 0.1) is 0 Å². The summed E-state index contributed by atoms with van der Waals surface area (Å²) in [6, 6.07) is 2.83. The number of hydrogen-bond acceptors (Lipinski definition) is 4. The number of hydrogen-bond donors (Lipinski definition) is 3. The zero-order valence-corrected chi connectivity index (χ0v) is 11.3. The molecule has 7 nitrogen and oxygen atoms in total. The van der Waals surface area contributed by atoms with Crippen molar-refractivity contribution in [2.24, 2.45) is 17.9 Å². The van der Waals surface area contributed by atoms with Gasteiger partial charge in [0.2, 0.25) is 0 Å². The number of aryl methyl sites for hydroxylation is 1. The largest absolute Gasteiger partial charge is 0.409 e. The molecule has 0 aromatic carbocycles. The molecule has 0 spiro atoms. The zero-order chi connectivity index (χ0) is 14.8. The van der Waals surface area contributed by atoms with E-state index in [1.54, 1.807) is 13.1 Å². The smallest absolute Gasteiger partial charge is 0.252 e. The number of nitrogens with two attached hydrogens (primary N) is 1. The highest BCUT2D eigenvalue weighted by Gasteiger charge is 2.39. The minimum atomic E-state index is -0.813. The maximum Gasteiger partial charge on any atom is 0.252 e. The van der Waals surface area contributed by atoms with Gasteiger partial charge >= 0.3 is 0 Å². The lowest BCUT2D eigenvalue weighted by Crippen LogP contribution is -2.55. The number of aromatic nitrogens is 1. The van der Waals surface area contributed by atoms with Gasteiger partial charge in [-0.25, -0.2) is 0 Å². The molecular weight excluding hydrogens is 260 g/mol. The Balaban J connectivity index is 2.25. The van der Waals surface area contributed by atoms with E-state index in [0.717, 1.165) is 12.8 Å². The van der Waals surface area contributed by atoms with Crippen LogP contribution >= 0.6 is 0 Å². The molecule has 0 bridgehead atoms. The van der Waals surface area contributed by atoms with E-state index >= 15 is 0 Å². The molecule has 1 heterocycles. The second kappa shape index (κ2) is 5.36. The SMILES string of the molecule is Cn1ccc(C(=O)NC2(/C(N)=N/O)CCCC2)cc1=O. The van der Waals surface area contributed by atoms with Gasteiger partial charge in [-0.05, 0) is 18.9 Å². The molecule has 0 atom stereocenters. The topological polar surface area (TPSA) is 110 Å². The van der Waals surface area contributed by atoms with Gasteiger partial charge < -0.3 is 20.8 Å². The first-order valence-corrected chi connectivity index (χ1v) is 6.46. The average molecular weight is 278 g/mol. The van der Waals surface area contributed by atoms with Crippen LogP contribution in [0.1, 0.15) is 36.0 Å². The number of amidine groups is 1. The molecule has 4 N–H and O–H groups in total. The van der Waals surface area contributed by atoms with Gasteiger partial charge in [0.25, 0.3) is 11.5 Å². The van der Waals surface area contributed by atoms with Gasteiger partial charge in [-0.2, -0.15) is 0 Å². The van der Waals surface area contributed by atoms with Crippen molar-refractivity contribution in [2.75, 3.05) is 0 Å². The number of carbonyl (C=O) groups excluding carboxylic acids is 1. The summed E-state index contributed by atoms with van der Waals surface area (Å²) in [6.07, 6.45) is 4.57. The van der Waals surface area contributed by atoms with E-state index in [1.807, 2.05) is 0 Å². The lowest BCUT2D eigenvalue weighted by atomic mass is 9.95. The normalized spacial score (nSPS) is 17.9. The lowest BCUT2D eigenvalue weighted by Gasteiger charge is -2.28. The van der Waals surface area contributed by atoms with Crippen LogP contribution < -0.4 is 16.6 Å². The fourth-order valence-electron chi connectivity index (χ4n) is 2.50. The van der Waals surface area contributed by atoms with Crippen molar-refractivity contribution < 1.29 is 10.0 Å². The monoisotopic (exact) mass is 278 g/mol. The highest BCUT2D eigenvalue weighted by molar-refractivity contribution is 6.00. The fraction of sp³-hybridized carbons (Fsp3) is 0.462. The summed E-state index contributed by atoms with van der Waals surface area (Å²) < 4.78 is 1.38. The van der Waals surface area contributed by atoms with Gasteiger partial charge in [-0.1, -0.05) is 18.0 Å². The van der Waals surface area contributed by atoms with Crippen LogP contribution in [0.3, 0.4) is 0 Å². The Bertz CT molecular complexity index is 600. The van der Waals surface area contributed by atoms with E-state index in [-0.39, 0.29) is 17.0 Å². The first kappa shape index (κ1) is 14.1. The molecule has 1 aromatic heterocycles. The van der Waals surface area contributed by atoms with E-state index < -0.39 is 11.4 Å². The molecule has 1 aromatic rings. The van der Waals surface area contributed by atoms with Crippen LogP contribution in [0.4, 0.5) is 0 Å². The number of carbonyl (C=O) groups is 1. The van der Waals surface area contributed by atoms with Crippen LogP contribution in [0, 0.1) is 0 Å². The summed E-state index contributed by atoms with van der Waals surface area (Å²) >= 11 is 0. The molecule has 7 heteroatoms. The minimum Gasteiger partial charge on any atom is -0.409 e. The lowest BCUT2D eigenvalue weighted by molar-refractivity contribution is 0.0922. The predicted octanol–water partition coefficient (Wildman–Crippen LogP) is 0.174. The molecule has 1 aliphatic rings. The van der Waals surface area contributed by atoms with E-state index in [2.05, 4.69) is 10.5 Å². The van der Waals surface area contributed by atoms with Crippen LogP contribution in [0.15, 0.2) is 28.3 Å². The number of oxime groups is 1. The molecular formula is C13H18N4O3. The molecule has 0 radical (unpaired) electrons. The summed E-state index contributed by atoms with van der Waals surface area (Å²) in [5.41, 5.74) is 4.91. The summed E-state index contributed by atoms with van der Waals surface area (Å²) in [7, 11) is 1.61. The standard InChI is InChI=1S/C13H18N4O3/c1-17-7-4-9(8-10(17)18)11(19)15-13(12(14)16-20)5-2-3-6-13/h4,7-8,20H,2-3,5-6H2,1H3,(H2,14,16)(H,15,19). The third-order valence-electron chi connectivity index (χ3n) is 3.77. The molecule has 1 saturated carbocycles. The second-order valence-corrected chi connectivity index (χ2v) is 5.09. The summed E-state index contributed by atoms with van der Waals surface area (Å²) in [4.78, 5) is 23.8. The number of amides is 1. The van der Waals surface area contributed by atoms with Crippen molar-refractivity contribution in [2.45, 2.75) is 31.2 Å². The Morgan fingerprint density at radius 1 is 1.50 bits per heavy atom. The van der Waals surface area contributed by atoms with Gasteiger partial charge in [-0.3, -0.25) is 9.59 Å². The van der Waals surface area contributed by atoms with Gasteiger partial charge in [0.15, 0.2) is 5.84 Å². The Hall–Kier alpha value is -2.31. The maximum atomic E-state index is 12.2. The molecule has 1 fully saturated rings. The average Bonchev–Trinajstić information content (AvgIpc) is 2.90. The van der Waals surface area contributed by atoms with Crippen LogP contribution in [-0.2, 0) is 7.05 Å². The maximum absolute atomic E-state index is 12.2. The molecule has 108 valence electrons. The van der Waals surface area contributed by atoms with Crippen molar-refractivity contribution in [3.63, 3.8) is 0 Å². The van der Waals surface area contributed by atoms with E-state index in [9.17, 15) is 9.59 Å². The van der Waals surface area contributed by atoms with Gasteiger partial charge in [0, 0.05) is 24.9 Å².